The van der Waals surface area contributed by atoms with Gasteiger partial charge in [0, 0.05) is 11.2 Å². The Kier molecular flexibility index (Phi) is 8.05. The van der Waals surface area contributed by atoms with Crippen molar-refractivity contribution in [3.63, 3.8) is 0 Å². The Morgan fingerprint density at radius 3 is 2.18 bits per heavy atom. The minimum absolute atomic E-state index is 0.319. The molecule has 0 saturated carbocycles. The van der Waals surface area contributed by atoms with Gasteiger partial charge < -0.3 is 15.5 Å². The number of nitrogens with two attached hydrogens (primary N) is 1. The minimum Gasteiger partial charge on any atom is -0.497 e. The highest BCUT2D eigenvalue weighted by atomic mass is 16.5. The van der Waals surface area contributed by atoms with E-state index in [-0.39, 0.29) is 0 Å². The number of nitrogens with zero attached hydrogens (tertiary/aromatic N) is 2. The Balaban J connectivity index is 0.000000215. The molecule has 0 saturated heterocycles. The lowest BCUT2D eigenvalue weighted by Gasteiger charge is -2.08. The predicted octanol–water partition coefficient (Wildman–Crippen LogP) is 4.96. The van der Waals surface area contributed by atoms with Gasteiger partial charge in [0.2, 0.25) is 0 Å². The lowest BCUT2D eigenvalue weighted by molar-refractivity contribution is -0.119. The van der Waals surface area contributed by atoms with E-state index >= 15 is 0 Å². The second-order valence-corrected chi connectivity index (χ2v) is 7.69. The van der Waals surface area contributed by atoms with Crippen LogP contribution in [-0.4, -0.2) is 29.0 Å². The van der Waals surface area contributed by atoms with Crippen LogP contribution in [0.2, 0.25) is 0 Å². The van der Waals surface area contributed by atoms with E-state index in [1.165, 1.54) is 5.56 Å². The number of hydrogen-bond donors (Lipinski definition) is 2. The van der Waals surface area contributed by atoms with E-state index < -0.39 is 11.9 Å². The number of aromatic amines is 1. The standard InChI is InChI=1S/C17H18N2O2.C9H10N2O/c1-2-12-3-7-14(8-4-12)15-9-5-13(6-10-15)11-16(18)17(20)19-21;1-6-10-8-4-3-7(12-2)5-9(8)11-6/h3-10,16H,2,11,18H2,1H3;3-5H,1-2H3,(H,10,11). The number of nitrogens with one attached hydrogen (secondary N) is 1. The average Bonchev–Trinajstić information content (AvgIpc) is 3.23. The summed E-state index contributed by atoms with van der Waals surface area (Å²) >= 11 is 0. The van der Waals surface area contributed by atoms with Crippen molar-refractivity contribution in [2.24, 2.45) is 10.9 Å². The van der Waals surface area contributed by atoms with Crippen LogP contribution < -0.4 is 10.5 Å². The Morgan fingerprint density at radius 1 is 1.03 bits per heavy atom. The van der Waals surface area contributed by atoms with Gasteiger partial charge in [0.05, 0.1) is 24.2 Å². The molecule has 3 aromatic carbocycles. The highest BCUT2D eigenvalue weighted by Gasteiger charge is 2.14. The van der Waals surface area contributed by atoms with Crippen LogP contribution in [0.3, 0.4) is 0 Å². The molecular weight excluding hydrogens is 416 g/mol. The number of aryl methyl sites for hydroxylation is 2. The molecule has 4 rings (SSSR count). The first-order valence-corrected chi connectivity index (χ1v) is 10.7. The number of carbonyl (C=O) groups is 1. The molecule has 7 nitrogen and oxygen atoms in total. The smallest absolute Gasteiger partial charge is 0.303 e. The number of hydrogen-bond acceptors (Lipinski definition) is 5. The van der Waals surface area contributed by atoms with Crippen molar-refractivity contribution in [2.45, 2.75) is 32.7 Å². The summed E-state index contributed by atoms with van der Waals surface area (Å²) in [5.41, 5.74) is 12.1. The van der Waals surface area contributed by atoms with E-state index in [4.69, 9.17) is 10.5 Å². The summed E-state index contributed by atoms with van der Waals surface area (Å²) in [5.74, 6) is 0.971. The van der Waals surface area contributed by atoms with Crippen LogP contribution in [0.15, 0.2) is 71.9 Å². The largest absolute Gasteiger partial charge is 0.497 e. The molecule has 1 atom stereocenters. The molecule has 0 fully saturated rings. The summed E-state index contributed by atoms with van der Waals surface area (Å²) in [6.07, 6.45) is 1.34. The first kappa shape index (κ1) is 23.8. The van der Waals surface area contributed by atoms with Crippen molar-refractivity contribution in [1.29, 1.82) is 0 Å². The maximum atomic E-state index is 11.1. The van der Waals surface area contributed by atoms with Crippen molar-refractivity contribution in [3.8, 4) is 16.9 Å². The van der Waals surface area contributed by atoms with Crippen LogP contribution >= 0.6 is 0 Å². The van der Waals surface area contributed by atoms with Gasteiger partial charge in [0.25, 0.3) is 0 Å². The topological polar surface area (TPSA) is 110 Å². The zero-order valence-corrected chi connectivity index (χ0v) is 19.0. The van der Waals surface area contributed by atoms with E-state index in [0.29, 0.717) is 6.42 Å². The molecule has 1 amide bonds. The second kappa shape index (κ2) is 11.2. The number of aromatic nitrogens is 2. The number of fused-ring (bicyclic) bond motifs is 1. The molecule has 0 aliphatic heterocycles. The van der Waals surface area contributed by atoms with Gasteiger partial charge >= 0.3 is 5.91 Å². The van der Waals surface area contributed by atoms with Gasteiger partial charge in [0.1, 0.15) is 11.6 Å². The molecule has 1 heterocycles. The third-order valence-corrected chi connectivity index (χ3v) is 5.32. The number of benzene rings is 3. The van der Waals surface area contributed by atoms with E-state index in [2.05, 4.69) is 46.3 Å². The Hall–Kier alpha value is -3.84. The Labute approximate surface area is 193 Å². The van der Waals surface area contributed by atoms with Crippen LogP contribution in [0.1, 0.15) is 23.9 Å². The van der Waals surface area contributed by atoms with Crippen molar-refractivity contribution < 1.29 is 9.53 Å². The molecule has 4 aromatic rings. The first-order chi connectivity index (χ1) is 15.9. The fourth-order valence-corrected chi connectivity index (χ4v) is 3.42. The second-order valence-electron chi connectivity index (χ2n) is 7.69. The van der Waals surface area contributed by atoms with Gasteiger partial charge in [-0.05, 0) is 54.2 Å². The molecule has 1 aromatic heterocycles. The fourth-order valence-electron chi connectivity index (χ4n) is 3.42. The van der Waals surface area contributed by atoms with E-state index in [1.807, 2.05) is 49.4 Å². The third-order valence-electron chi connectivity index (χ3n) is 5.32. The molecule has 7 heteroatoms. The number of methoxy groups -OCH3 is 1. The van der Waals surface area contributed by atoms with Crippen LogP contribution in [0, 0.1) is 11.8 Å². The summed E-state index contributed by atoms with van der Waals surface area (Å²) in [6.45, 7) is 4.06. The predicted molar refractivity (Wildman–Crippen MR) is 131 cm³/mol. The molecule has 33 heavy (non-hydrogen) atoms. The summed E-state index contributed by atoms with van der Waals surface area (Å²) in [4.78, 5) is 28.6. The van der Waals surface area contributed by atoms with Crippen molar-refractivity contribution in [2.75, 3.05) is 7.11 Å². The van der Waals surface area contributed by atoms with Gasteiger partial charge in [0.15, 0.2) is 0 Å². The number of carbonyl (C=O) groups excluding carboxylic acids is 1. The maximum absolute atomic E-state index is 11.1. The van der Waals surface area contributed by atoms with Crippen molar-refractivity contribution in [3.05, 3.63) is 88.6 Å². The molecule has 1 unspecified atom stereocenters. The highest BCUT2D eigenvalue weighted by Crippen LogP contribution is 2.21. The van der Waals surface area contributed by atoms with Crippen LogP contribution in [0.25, 0.3) is 22.2 Å². The van der Waals surface area contributed by atoms with Crippen molar-refractivity contribution >= 4 is 16.9 Å². The number of ether oxygens (including phenoxy) is 1. The summed E-state index contributed by atoms with van der Waals surface area (Å²) in [5, 5.41) is 2.35. The SMILES string of the molecule is CCc1ccc(-c2ccc(CC(N)C(=O)N=O)cc2)cc1.COc1ccc2nc(C)[nH]c2c1. The fraction of sp³-hybridized carbons (Fsp3) is 0.231. The third kappa shape index (κ3) is 6.33. The summed E-state index contributed by atoms with van der Waals surface area (Å²) < 4.78 is 5.08. The summed E-state index contributed by atoms with van der Waals surface area (Å²) in [7, 11) is 1.66. The summed E-state index contributed by atoms with van der Waals surface area (Å²) in [6, 6.07) is 21.2. The average molecular weight is 445 g/mol. The highest BCUT2D eigenvalue weighted by molar-refractivity contribution is 5.82. The van der Waals surface area contributed by atoms with Gasteiger partial charge in [-0.25, -0.2) is 4.98 Å². The molecule has 0 spiro atoms. The lowest BCUT2D eigenvalue weighted by atomic mass is 9.99. The first-order valence-electron chi connectivity index (χ1n) is 10.7. The molecule has 0 aliphatic rings. The normalized spacial score (nSPS) is 11.4. The molecule has 0 aliphatic carbocycles. The van der Waals surface area contributed by atoms with Crippen LogP contribution in [-0.2, 0) is 17.6 Å². The molecule has 170 valence electrons. The number of H-pyrrole nitrogens is 1. The van der Waals surface area contributed by atoms with E-state index in [9.17, 15) is 9.70 Å². The van der Waals surface area contributed by atoms with Gasteiger partial charge in [-0.2, -0.15) is 0 Å². The molecule has 3 N–H and O–H groups in total. The number of rotatable bonds is 6. The minimum atomic E-state index is -0.864. The van der Waals surface area contributed by atoms with E-state index in [1.54, 1.807) is 7.11 Å². The molecule has 0 bridgehead atoms. The Bertz CT molecular complexity index is 1210. The number of amides is 1. The molecule has 0 radical (unpaired) electrons. The van der Waals surface area contributed by atoms with Gasteiger partial charge in [-0.15, -0.1) is 4.91 Å². The lowest BCUT2D eigenvalue weighted by Crippen LogP contribution is -2.31. The zero-order chi connectivity index (χ0) is 23.8. The monoisotopic (exact) mass is 444 g/mol. The van der Waals surface area contributed by atoms with Gasteiger partial charge in [-0.1, -0.05) is 55.5 Å². The Morgan fingerprint density at radius 2 is 1.64 bits per heavy atom. The number of imidazole rings is 1. The van der Waals surface area contributed by atoms with Crippen LogP contribution in [0.4, 0.5) is 0 Å². The van der Waals surface area contributed by atoms with Gasteiger partial charge in [-0.3, -0.25) is 4.79 Å². The van der Waals surface area contributed by atoms with Crippen molar-refractivity contribution in [1.82, 2.24) is 9.97 Å². The van der Waals surface area contributed by atoms with Crippen LogP contribution in [0.5, 0.6) is 5.75 Å². The maximum Gasteiger partial charge on any atom is 0.303 e. The number of nitroso groups, excluding NO2 is 1. The molecular formula is C26H28N4O3. The quantitative estimate of drug-likeness (QED) is 0.409. The zero-order valence-electron chi connectivity index (χ0n) is 19.0. The van der Waals surface area contributed by atoms with E-state index in [0.717, 1.165) is 45.7 Å².